The summed E-state index contributed by atoms with van der Waals surface area (Å²) in [6.07, 6.45) is 7.65. The molecule has 2 unspecified atom stereocenters. The largest absolute Gasteiger partial charge is 0.395 e. The van der Waals surface area contributed by atoms with Crippen LogP contribution in [0.15, 0.2) is 24.3 Å². The Bertz CT molecular complexity index is 511. The number of aliphatic hydroxyl groups is 1. The summed E-state index contributed by atoms with van der Waals surface area (Å²) < 4.78 is 0. The first-order chi connectivity index (χ1) is 10.4. The van der Waals surface area contributed by atoms with E-state index in [0.717, 1.165) is 24.1 Å². The van der Waals surface area contributed by atoms with Crippen LogP contribution >= 0.6 is 0 Å². The van der Waals surface area contributed by atoms with Crippen molar-refractivity contribution in [3.8, 4) is 11.8 Å². The second kappa shape index (κ2) is 7.11. The first kappa shape index (κ1) is 14.6. The van der Waals surface area contributed by atoms with Gasteiger partial charge >= 0.3 is 0 Å². The lowest BCUT2D eigenvalue weighted by Crippen LogP contribution is -2.34. The molecule has 0 amide bonds. The van der Waals surface area contributed by atoms with Gasteiger partial charge in [-0.25, -0.2) is 0 Å². The molecule has 0 aromatic heterocycles. The van der Waals surface area contributed by atoms with Crippen molar-refractivity contribution in [3.05, 3.63) is 35.4 Å². The molecule has 0 bridgehead atoms. The molecule has 2 nitrogen and oxygen atoms in total. The molecule has 2 fully saturated rings. The van der Waals surface area contributed by atoms with Gasteiger partial charge in [0.2, 0.25) is 0 Å². The van der Waals surface area contributed by atoms with Crippen molar-refractivity contribution < 1.29 is 5.11 Å². The second-order valence-electron chi connectivity index (χ2n) is 6.34. The number of hydrogen-bond donors (Lipinski definition) is 1. The zero-order valence-electron chi connectivity index (χ0n) is 12.7. The minimum Gasteiger partial charge on any atom is -0.395 e. The van der Waals surface area contributed by atoms with E-state index in [-0.39, 0.29) is 6.61 Å². The van der Waals surface area contributed by atoms with Gasteiger partial charge in [0.25, 0.3) is 0 Å². The fourth-order valence-corrected chi connectivity index (χ4v) is 3.85. The predicted molar refractivity (Wildman–Crippen MR) is 85.8 cm³/mol. The fourth-order valence-electron chi connectivity index (χ4n) is 3.85. The maximum atomic E-state index is 8.73. The predicted octanol–water partition coefficient (Wildman–Crippen LogP) is 3.19. The van der Waals surface area contributed by atoms with Crippen LogP contribution < -0.4 is 0 Å². The quantitative estimate of drug-likeness (QED) is 0.861. The second-order valence-corrected chi connectivity index (χ2v) is 6.34. The smallest absolute Gasteiger partial charge is 0.0540 e. The van der Waals surface area contributed by atoms with Gasteiger partial charge in [-0.1, -0.05) is 36.8 Å². The molecular formula is C19H25NO. The Morgan fingerprint density at radius 2 is 1.90 bits per heavy atom. The highest BCUT2D eigenvalue weighted by molar-refractivity contribution is 5.36. The molecule has 2 aliphatic rings. The lowest BCUT2D eigenvalue weighted by Gasteiger charge is -2.31. The summed E-state index contributed by atoms with van der Waals surface area (Å²) in [7, 11) is 0. The van der Waals surface area contributed by atoms with Gasteiger partial charge in [-0.15, -0.1) is 0 Å². The number of aliphatic hydroxyl groups excluding tert-OH is 1. The highest BCUT2D eigenvalue weighted by atomic mass is 16.2. The van der Waals surface area contributed by atoms with Gasteiger partial charge in [0.15, 0.2) is 0 Å². The summed E-state index contributed by atoms with van der Waals surface area (Å²) in [6.45, 7) is 2.50. The molecule has 1 N–H and O–H groups in total. The SMILES string of the molecule is OCCC#Cc1ccc(CN2CCC3CCCCC32)cc1. The van der Waals surface area contributed by atoms with Crippen molar-refractivity contribution in [2.75, 3.05) is 13.2 Å². The van der Waals surface area contributed by atoms with Crippen molar-refractivity contribution in [1.29, 1.82) is 0 Å². The van der Waals surface area contributed by atoms with Gasteiger partial charge in [-0.2, -0.15) is 0 Å². The van der Waals surface area contributed by atoms with Crippen LogP contribution in [-0.2, 0) is 6.54 Å². The number of fused-ring (bicyclic) bond motifs is 1. The molecule has 112 valence electrons. The average Bonchev–Trinajstić information content (AvgIpc) is 2.93. The third-order valence-corrected chi connectivity index (χ3v) is 4.93. The number of benzene rings is 1. The number of likely N-dealkylation sites (tertiary alicyclic amines) is 1. The van der Waals surface area contributed by atoms with Crippen molar-refractivity contribution >= 4 is 0 Å². The van der Waals surface area contributed by atoms with Gasteiger partial charge in [-0.3, -0.25) is 4.90 Å². The van der Waals surface area contributed by atoms with Crippen LogP contribution in [0.2, 0.25) is 0 Å². The van der Waals surface area contributed by atoms with E-state index in [4.69, 9.17) is 5.11 Å². The number of rotatable bonds is 3. The maximum Gasteiger partial charge on any atom is 0.0540 e. The molecule has 1 saturated carbocycles. The standard InChI is InChI=1S/C19H25NO/c21-14-4-3-5-16-8-10-17(11-9-16)15-20-13-12-18-6-1-2-7-19(18)20/h8-11,18-19,21H,1-2,4,6-7,12-15H2. The van der Waals surface area contributed by atoms with Crippen LogP contribution in [0.25, 0.3) is 0 Å². The van der Waals surface area contributed by atoms with E-state index < -0.39 is 0 Å². The van der Waals surface area contributed by atoms with E-state index in [1.165, 1.54) is 44.2 Å². The molecule has 2 heteroatoms. The minimum atomic E-state index is 0.141. The topological polar surface area (TPSA) is 23.5 Å². The molecule has 21 heavy (non-hydrogen) atoms. The Hall–Kier alpha value is -1.30. The van der Waals surface area contributed by atoms with Crippen LogP contribution in [0.3, 0.4) is 0 Å². The zero-order chi connectivity index (χ0) is 14.5. The van der Waals surface area contributed by atoms with Crippen LogP contribution in [0, 0.1) is 17.8 Å². The molecule has 1 aromatic rings. The Balaban J connectivity index is 1.59. The Morgan fingerprint density at radius 1 is 1.10 bits per heavy atom. The van der Waals surface area contributed by atoms with E-state index in [1.807, 2.05) is 0 Å². The van der Waals surface area contributed by atoms with Crippen molar-refractivity contribution in [2.45, 2.75) is 51.1 Å². The van der Waals surface area contributed by atoms with Crippen molar-refractivity contribution in [3.63, 3.8) is 0 Å². The summed E-state index contributed by atoms with van der Waals surface area (Å²) in [4.78, 5) is 2.69. The fraction of sp³-hybridized carbons (Fsp3) is 0.579. The van der Waals surface area contributed by atoms with E-state index >= 15 is 0 Å². The molecule has 3 rings (SSSR count). The number of hydrogen-bond acceptors (Lipinski definition) is 2. The third-order valence-electron chi connectivity index (χ3n) is 4.93. The molecule has 1 aromatic carbocycles. The van der Waals surface area contributed by atoms with Crippen LogP contribution in [0.4, 0.5) is 0 Å². The van der Waals surface area contributed by atoms with Crippen molar-refractivity contribution in [2.24, 2.45) is 5.92 Å². The van der Waals surface area contributed by atoms with Gasteiger partial charge in [-0.05, 0) is 49.4 Å². The summed E-state index contributed by atoms with van der Waals surface area (Å²) in [5.41, 5.74) is 2.44. The van der Waals surface area contributed by atoms with Crippen LogP contribution in [-0.4, -0.2) is 29.2 Å². The van der Waals surface area contributed by atoms with Crippen LogP contribution in [0.1, 0.15) is 49.7 Å². The molecule has 1 aliphatic carbocycles. The van der Waals surface area contributed by atoms with Gasteiger partial charge in [0.05, 0.1) is 6.61 Å². The maximum absolute atomic E-state index is 8.73. The first-order valence-electron chi connectivity index (χ1n) is 8.29. The molecular weight excluding hydrogens is 258 g/mol. The Labute approximate surface area is 128 Å². The van der Waals surface area contributed by atoms with E-state index in [0.29, 0.717) is 6.42 Å². The van der Waals surface area contributed by atoms with Gasteiger partial charge < -0.3 is 5.11 Å². The average molecular weight is 283 g/mol. The van der Waals surface area contributed by atoms with E-state index in [1.54, 1.807) is 0 Å². The molecule has 2 atom stereocenters. The van der Waals surface area contributed by atoms with E-state index in [9.17, 15) is 0 Å². The lowest BCUT2D eigenvalue weighted by atomic mass is 9.85. The molecule has 1 aliphatic heterocycles. The van der Waals surface area contributed by atoms with Gasteiger partial charge in [0.1, 0.15) is 0 Å². The normalized spacial score (nSPS) is 25.2. The molecule has 1 heterocycles. The third kappa shape index (κ3) is 3.67. The summed E-state index contributed by atoms with van der Waals surface area (Å²) in [6, 6.07) is 9.46. The monoisotopic (exact) mass is 283 g/mol. The Kier molecular flexibility index (Phi) is 4.95. The Morgan fingerprint density at radius 3 is 2.71 bits per heavy atom. The van der Waals surface area contributed by atoms with Crippen molar-refractivity contribution in [1.82, 2.24) is 4.90 Å². The summed E-state index contributed by atoms with van der Waals surface area (Å²) in [5, 5.41) is 8.73. The van der Waals surface area contributed by atoms with Crippen LogP contribution in [0.5, 0.6) is 0 Å². The lowest BCUT2D eigenvalue weighted by molar-refractivity contribution is 0.176. The molecule has 0 radical (unpaired) electrons. The molecule has 0 spiro atoms. The van der Waals surface area contributed by atoms with E-state index in [2.05, 4.69) is 41.0 Å². The number of nitrogens with zero attached hydrogens (tertiary/aromatic N) is 1. The minimum absolute atomic E-state index is 0.141. The first-order valence-corrected chi connectivity index (χ1v) is 8.29. The summed E-state index contributed by atoms with van der Waals surface area (Å²) >= 11 is 0. The van der Waals surface area contributed by atoms with Gasteiger partial charge in [0, 0.05) is 24.6 Å². The summed E-state index contributed by atoms with van der Waals surface area (Å²) in [5.74, 6) is 7.02. The zero-order valence-corrected chi connectivity index (χ0v) is 12.7. The highest BCUT2D eigenvalue weighted by Crippen LogP contribution is 2.36. The highest BCUT2D eigenvalue weighted by Gasteiger charge is 2.35. The molecule has 1 saturated heterocycles.